The van der Waals surface area contributed by atoms with E-state index < -0.39 is 0 Å². The normalized spacial score (nSPS) is 11.0. The van der Waals surface area contributed by atoms with Gasteiger partial charge in [0.15, 0.2) is 0 Å². The Morgan fingerprint density at radius 1 is 0.870 bits per heavy atom. The first-order valence-electron chi connectivity index (χ1n) is 7.25. The Kier molecular flexibility index (Phi) is 5.25. The van der Waals surface area contributed by atoms with Gasteiger partial charge in [-0.1, -0.05) is 29.8 Å². The molecule has 0 heterocycles. The average molecular weight is 309 g/mol. The molecule has 0 aliphatic rings. The molecule has 2 aromatic rings. The number of anilines is 1. The van der Waals surface area contributed by atoms with Crippen LogP contribution < -0.4 is 10.7 Å². The Morgan fingerprint density at radius 3 is 2.00 bits per heavy atom. The van der Waals surface area contributed by atoms with Gasteiger partial charge in [-0.2, -0.15) is 5.10 Å². The molecule has 0 aliphatic carbocycles. The number of amides is 2. The zero-order valence-electron chi connectivity index (χ0n) is 13.4. The van der Waals surface area contributed by atoms with E-state index in [0.717, 1.165) is 11.1 Å². The fraction of sp³-hybridized carbons (Fsp3) is 0.167. The SMILES string of the molecule is CC(=O)N/N=C(\C)c1ccc(NC(=O)c2ccc(C)cc2)cc1. The summed E-state index contributed by atoms with van der Waals surface area (Å²) >= 11 is 0. The fourth-order valence-corrected chi connectivity index (χ4v) is 1.93. The van der Waals surface area contributed by atoms with E-state index in [9.17, 15) is 9.59 Å². The molecule has 0 unspecified atom stereocenters. The first kappa shape index (κ1) is 16.4. The topological polar surface area (TPSA) is 70.6 Å². The largest absolute Gasteiger partial charge is 0.322 e. The first-order valence-corrected chi connectivity index (χ1v) is 7.25. The minimum absolute atomic E-state index is 0.151. The minimum Gasteiger partial charge on any atom is -0.322 e. The highest BCUT2D eigenvalue weighted by Crippen LogP contribution is 2.12. The third kappa shape index (κ3) is 4.78. The van der Waals surface area contributed by atoms with Crippen LogP contribution in [0.25, 0.3) is 0 Å². The molecule has 2 N–H and O–H groups in total. The second-order valence-electron chi connectivity index (χ2n) is 5.26. The van der Waals surface area contributed by atoms with Gasteiger partial charge in [0.25, 0.3) is 5.91 Å². The molecular formula is C18H19N3O2. The van der Waals surface area contributed by atoms with Gasteiger partial charge >= 0.3 is 0 Å². The van der Waals surface area contributed by atoms with E-state index in [1.807, 2.05) is 31.2 Å². The van der Waals surface area contributed by atoms with Crippen molar-refractivity contribution in [1.82, 2.24) is 5.43 Å². The molecule has 5 nitrogen and oxygen atoms in total. The number of carbonyl (C=O) groups excluding carboxylic acids is 2. The summed E-state index contributed by atoms with van der Waals surface area (Å²) < 4.78 is 0. The highest BCUT2D eigenvalue weighted by atomic mass is 16.2. The molecule has 0 radical (unpaired) electrons. The van der Waals surface area contributed by atoms with E-state index in [1.165, 1.54) is 6.92 Å². The van der Waals surface area contributed by atoms with Crippen LogP contribution in [0.2, 0.25) is 0 Å². The molecule has 0 aliphatic heterocycles. The van der Waals surface area contributed by atoms with E-state index in [1.54, 1.807) is 31.2 Å². The van der Waals surface area contributed by atoms with Crippen LogP contribution in [-0.4, -0.2) is 17.5 Å². The van der Waals surface area contributed by atoms with Gasteiger partial charge in [0.2, 0.25) is 5.91 Å². The van der Waals surface area contributed by atoms with Crippen molar-refractivity contribution in [1.29, 1.82) is 0 Å². The molecule has 0 saturated carbocycles. The van der Waals surface area contributed by atoms with Crippen LogP contribution in [0.5, 0.6) is 0 Å². The fourth-order valence-electron chi connectivity index (χ4n) is 1.93. The average Bonchev–Trinajstić information content (AvgIpc) is 2.54. The molecule has 23 heavy (non-hydrogen) atoms. The summed E-state index contributed by atoms with van der Waals surface area (Å²) in [4.78, 5) is 23.0. The summed E-state index contributed by atoms with van der Waals surface area (Å²) in [5.74, 6) is -0.368. The molecule has 0 spiro atoms. The molecule has 0 aromatic heterocycles. The zero-order chi connectivity index (χ0) is 16.8. The predicted octanol–water partition coefficient (Wildman–Crippen LogP) is 3.11. The van der Waals surface area contributed by atoms with Crippen molar-refractivity contribution >= 4 is 23.2 Å². The quantitative estimate of drug-likeness (QED) is 0.673. The van der Waals surface area contributed by atoms with Crippen molar-refractivity contribution in [3.63, 3.8) is 0 Å². The number of benzene rings is 2. The van der Waals surface area contributed by atoms with Gasteiger partial charge in [-0.25, -0.2) is 5.43 Å². The Labute approximate surface area is 135 Å². The third-order valence-corrected chi connectivity index (χ3v) is 3.26. The molecule has 118 valence electrons. The van der Waals surface area contributed by atoms with Crippen LogP contribution >= 0.6 is 0 Å². The lowest BCUT2D eigenvalue weighted by atomic mass is 10.1. The van der Waals surface area contributed by atoms with Crippen LogP contribution in [0.1, 0.15) is 35.3 Å². The number of rotatable bonds is 4. The van der Waals surface area contributed by atoms with E-state index in [2.05, 4.69) is 15.8 Å². The number of nitrogens with one attached hydrogen (secondary N) is 2. The number of hydrogen-bond acceptors (Lipinski definition) is 3. The van der Waals surface area contributed by atoms with E-state index >= 15 is 0 Å². The summed E-state index contributed by atoms with van der Waals surface area (Å²) in [6.07, 6.45) is 0. The molecule has 0 fully saturated rings. The molecule has 2 aromatic carbocycles. The maximum Gasteiger partial charge on any atom is 0.255 e. The van der Waals surface area contributed by atoms with Crippen molar-refractivity contribution < 1.29 is 9.59 Å². The van der Waals surface area contributed by atoms with Crippen molar-refractivity contribution in [2.45, 2.75) is 20.8 Å². The summed E-state index contributed by atoms with van der Waals surface area (Å²) in [7, 11) is 0. The summed E-state index contributed by atoms with van der Waals surface area (Å²) in [5, 5.41) is 6.82. The lowest BCUT2D eigenvalue weighted by Gasteiger charge is -2.07. The standard InChI is InChI=1S/C18H19N3O2/c1-12-4-6-16(7-5-12)18(23)19-17-10-8-15(9-11-17)13(2)20-21-14(3)22/h4-11H,1-3H3,(H,19,23)(H,21,22)/b20-13+. The first-order chi connectivity index (χ1) is 11.0. The van der Waals surface area contributed by atoms with Crippen LogP contribution in [0, 0.1) is 6.92 Å². The lowest BCUT2D eigenvalue weighted by molar-refractivity contribution is -0.118. The number of hydrazone groups is 1. The van der Waals surface area contributed by atoms with Crippen molar-refractivity contribution in [3.05, 3.63) is 65.2 Å². The molecule has 5 heteroatoms. The zero-order valence-corrected chi connectivity index (χ0v) is 13.4. The van der Waals surface area contributed by atoms with Gasteiger partial charge in [-0.05, 0) is 43.7 Å². The maximum atomic E-state index is 12.1. The van der Waals surface area contributed by atoms with Crippen LogP contribution in [0.4, 0.5) is 5.69 Å². The monoisotopic (exact) mass is 309 g/mol. The highest BCUT2D eigenvalue weighted by molar-refractivity contribution is 6.05. The van der Waals surface area contributed by atoms with Crippen LogP contribution in [0.15, 0.2) is 53.6 Å². The summed E-state index contributed by atoms with van der Waals surface area (Å²) in [6, 6.07) is 14.7. The summed E-state index contributed by atoms with van der Waals surface area (Å²) in [5.41, 5.74) is 6.38. The molecule has 0 saturated heterocycles. The Hall–Kier alpha value is -2.95. The van der Waals surface area contributed by atoms with Gasteiger partial charge in [0.05, 0.1) is 5.71 Å². The second kappa shape index (κ2) is 7.35. The highest BCUT2D eigenvalue weighted by Gasteiger charge is 2.06. The maximum absolute atomic E-state index is 12.1. The van der Waals surface area contributed by atoms with Gasteiger partial charge in [-0.15, -0.1) is 0 Å². The molecule has 0 bridgehead atoms. The summed E-state index contributed by atoms with van der Waals surface area (Å²) in [6.45, 7) is 5.18. The lowest BCUT2D eigenvalue weighted by Crippen LogP contribution is -2.15. The third-order valence-electron chi connectivity index (χ3n) is 3.26. The van der Waals surface area contributed by atoms with Crippen molar-refractivity contribution in [2.75, 3.05) is 5.32 Å². The van der Waals surface area contributed by atoms with E-state index in [0.29, 0.717) is 17.0 Å². The van der Waals surface area contributed by atoms with Gasteiger partial charge in [-0.3, -0.25) is 9.59 Å². The molecule has 2 amide bonds. The number of nitrogens with zero attached hydrogens (tertiary/aromatic N) is 1. The molecule has 0 atom stereocenters. The Bertz CT molecular complexity index is 732. The van der Waals surface area contributed by atoms with E-state index in [-0.39, 0.29) is 11.8 Å². The molecular weight excluding hydrogens is 290 g/mol. The van der Waals surface area contributed by atoms with E-state index in [4.69, 9.17) is 0 Å². The second-order valence-corrected chi connectivity index (χ2v) is 5.26. The number of carbonyl (C=O) groups is 2. The minimum atomic E-state index is -0.216. The van der Waals surface area contributed by atoms with Crippen molar-refractivity contribution in [2.24, 2.45) is 5.10 Å². The van der Waals surface area contributed by atoms with Crippen LogP contribution in [0.3, 0.4) is 0 Å². The van der Waals surface area contributed by atoms with Gasteiger partial charge < -0.3 is 5.32 Å². The van der Waals surface area contributed by atoms with Crippen molar-refractivity contribution in [3.8, 4) is 0 Å². The molecule has 2 rings (SSSR count). The number of aryl methyl sites for hydroxylation is 1. The Balaban J connectivity index is 2.05. The van der Waals surface area contributed by atoms with Crippen LogP contribution in [-0.2, 0) is 4.79 Å². The number of hydrogen-bond donors (Lipinski definition) is 2. The van der Waals surface area contributed by atoms with Gasteiger partial charge in [0, 0.05) is 18.2 Å². The predicted molar refractivity (Wildman–Crippen MR) is 91.6 cm³/mol. The Morgan fingerprint density at radius 2 is 1.43 bits per heavy atom. The van der Waals surface area contributed by atoms with Gasteiger partial charge in [0.1, 0.15) is 0 Å². The smallest absolute Gasteiger partial charge is 0.255 e.